The van der Waals surface area contributed by atoms with Crippen LogP contribution in [-0.4, -0.2) is 42.2 Å². The number of nitrogens with one attached hydrogen (secondary N) is 1. The number of hydrogen-bond acceptors (Lipinski definition) is 2. The molecule has 1 fully saturated rings. The quantitative estimate of drug-likeness (QED) is 0.727. The standard InChI is InChI=1S/C10H17ClN2O2/c1-13-7-8(4-5-10(13)15)12-9(14)3-2-6-11/h8H,2-7H2,1H3,(H,12,14). The molecule has 0 bridgehead atoms. The van der Waals surface area contributed by atoms with E-state index in [1.54, 1.807) is 11.9 Å². The molecule has 0 saturated carbocycles. The molecule has 5 heteroatoms. The van der Waals surface area contributed by atoms with Gasteiger partial charge in [-0.2, -0.15) is 0 Å². The fourth-order valence-corrected chi connectivity index (χ4v) is 1.79. The summed E-state index contributed by atoms with van der Waals surface area (Å²) in [6.45, 7) is 0.617. The number of likely N-dealkylation sites (tertiary alicyclic amines) is 1. The third kappa shape index (κ3) is 4.08. The normalized spacial score (nSPS) is 21.6. The molecule has 1 aliphatic heterocycles. The second kappa shape index (κ2) is 5.95. The average Bonchev–Trinajstić information content (AvgIpc) is 2.20. The summed E-state index contributed by atoms with van der Waals surface area (Å²) in [5.41, 5.74) is 0. The van der Waals surface area contributed by atoms with Crippen molar-refractivity contribution >= 4 is 23.4 Å². The summed E-state index contributed by atoms with van der Waals surface area (Å²) in [5.74, 6) is 0.695. The molecule has 1 saturated heterocycles. The van der Waals surface area contributed by atoms with E-state index in [1.165, 1.54) is 0 Å². The van der Waals surface area contributed by atoms with E-state index in [1.807, 2.05) is 0 Å². The van der Waals surface area contributed by atoms with Crippen LogP contribution < -0.4 is 5.32 Å². The maximum Gasteiger partial charge on any atom is 0.222 e. The van der Waals surface area contributed by atoms with Crippen LogP contribution in [0.1, 0.15) is 25.7 Å². The molecule has 1 N–H and O–H groups in total. The van der Waals surface area contributed by atoms with Crippen molar-refractivity contribution in [3.8, 4) is 0 Å². The second-order valence-corrected chi connectivity index (χ2v) is 4.25. The summed E-state index contributed by atoms with van der Waals surface area (Å²) in [4.78, 5) is 24.2. The van der Waals surface area contributed by atoms with Crippen molar-refractivity contribution in [2.75, 3.05) is 19.5 Å². The van der Waals surface area contributed by atoms with Crippen molar-refractivity contribution in [2.24, 2.45) is 0 Å². The second-order valence-electron chi connectivity index (χ2n) is 3.87. The zero-order valence-electron chi connectivity index (χ0n) is 8.96. The Kier molecular flexibility index (Phi) is 4.88. The van der Waals surface area contributed by atoms with Gasteiger partial charge in [-0.25, -0.2) is 0 Å². The smallest absolute Gasteiger partial charge is 0.222 e. The Bertz CT molecular complexity index is 246. The Morgan fingerprint density at radius 1 is 1.67 bits per heavy atom. The van der Waals surface area contributed by atoms with Crippen molar-refractivity contribution in [3.05, 3.63) is 0 Å². The lowest BCUT2D eigenvalue weighted by Gasteiger charge is -2.30. The third-order valence-corrected chi connectivity index (χ3v) is 2.80. The lowest BCUT2D eigenvalue weighted by atomic mass is 10.1. The number of nitrogens with zero attached hydrogens (tertiary/aromatic N) is 1. The highest BCUT2D eigenvalue weighted by Crippen LogP contribution is 2.09. The summed E-state index contributed by atoms with van der Waals surface area (Å²) in [6.07, 6.45) is 2.44. The molecule has 0 aromatic rings. The molecular weight excluding hydrogens is 216 g/mol. The number of rotatable bonds is 4. The van der Waals surface area contributed by atoms with Gasteiger partial charge in [-0.05, 0) is 12.8 Å². The SMILES string of the molecule is CN1CC(NC(=O)CCCCl)CCC1=O. The number of piperidine rings is 1. The molecule has 0 aromatic carbocycles. The van der Waals surface area contributed by atoms with E-state index < -0.39 is 0 Å². The van der Waals surface area contributed by atoms with Gasteiger partial charge in [-0.1, -0.05) is 0 Å². The first kappa shape index (κ1) is 12.3. The largest absolute Gasteiger partial charge is 0.352 e. The highest BCUT2D eigenvalue weighted by atomic mass is 35.5. The highest BCUT2D eigenvalue weighted by Gasteiger charge is 2.23. The fraction of sp³-hybridized carbons (Fsp3) is 0.800. The Morgan fingerprint density at radius 2 is 2.40 bits per heavy atom. The van der Waals surface area contributed by atoms with Crippen LogP contribution >= 0.6 is 11.6 Å². The lowest BCUT2D eigenvalue weighted by molar-refractivity contribution is -0.134. The van der Waals surface area contributed by atoms with E-state index in [2.05, 4.69) is 5.32 Å². The van der Waals surface area contributed by atoms with Crippen LogP contribution in [-0.2, 0) is 9.59 Å². The van der Waals surface area contributed by atoms with Crippen LogP contribution in [0, 0.1) is 0 Å². The predicted molar refractivity (Wildman–Crippen MR) is 58.8 cm³/mol. The Labute approximate surface area is 95.0 Å². The summed E-state index contributed by atoms with van der Waals surface area (Å²) < 4.78 is 0. The molecule has 15 heavy (non-hydrogen) atoms. The van der Waals surface area contributed by atoms with Crippen LogP contribution in [0.25, 0.3) is 0 Å². The van der Waals surface area contributed by atoms with Gasteiger partial charge < -0.3 is 10.2 Å². The van der Waals surface area contributed by atoms with Gasteiger partial charge in [0.1, 0.15) is 0 Å². The van der Waals surface area contributed by atoms with Crippen molar-refractivity contribution in [1.82, 2.24) is 10.2 Å². The van der Waals surface area contributed by atoms with E-state index in [0.717, 1.165) is 6.42 Å². The summed E-state index contributed by atoms with van der Waals surface area (Å²) in [5, 5.41) is 2.91. The molecule has 1 unspecified atom stereocenters. The molecule has 0 aromatic heterocycles. The topological polar surface area (TPSA) is 49.4 Å². The van der Waals surface area contributed by atoms with Gasteiger partial charge in [0.2, 0.25) is 11.8 Å². The van der Waals surface area contributed by atoms with Crippen molar-refractivity contribution < 1.29 is 9.59 Å². The Morgan fingerprint density at radius 3 is 3.00 bits per heavy atom. The van der Waals surface area contributed by atoms with Gasteiger partial charge in [-0.15, -0.1) is 11.6 Å². The first-order chi connectivity index (χ1) is 7.13. The van der Waals surface area contributed by atoms with Crippen molar-refractivity contribution in [1.29, 1.82) is 0 Å². The Balaban J connectivity index is 2.27. The van der Waals surface area contributed by atoms with Gasteiger partial charge in [0, 0.05) is 38.4 Å². The maximum atomic E-state index is 11.4. The molecular formula is C10H17ClN2O2. The number of alkyl halides is 1. The molecule has 1 rings (SSSR count). The van der Waals surface area contributed by atoms with E-state index in [0.29, 0.717) is 31.7 Å². The van der Waals surface area contributed by atoms with Crippen LogP contribution in [0.3, 0.4) is 0 Å². The first-order valence-corrected chi connectivity index (χ1v) is 5.76. The average molecular weight is 233 g/mol. The molecule has 1 atom stereocenters. The van der Waals surface area contributed by atoms with E-state index in [-0.39, 0.29) is 17.9 Å². The zero-order valence-corrected chi connectivity index (χ0v) is 9.72. The number of amides is 2. The number of hydrogen-bond donors (Lipinski definition) is 1. The van der Waals surface area contributed by atoms with Crippen LogP contribution in [0.15, 0.2) is 0 Å². The van der Waals surface area contributed by atoms with Gasteiger partial charge >= 0.3 is 0 Å². The number of halogens is 1. The molecule has 1 aliphatic rings. The fourth-order valence-electron chi connectivity index (χ4n) is 1.66. The molecule has 0 aliphatic carbocycles. The predicted octanol–water partition coefficient (Wildman–Crippen LogP) is 0.742. The minimum Gasteiger partial charge on any atom is -0.352 e. The van der Waals surface area contributed by atoms with E-state index in [4.69, 9.17) is 11.6 Å². The first-order valence-electron chi connectivity index (χ1n) is 5.22. The summed E-state index contributed by atoms with van der Waals surface area (Å²) >= 11 is 5.50. The van der Waals surface area contributed by atoms with Gasteiger partial charge in [0.25, 0.3) is 0 Å². The minimum absolute atomic E-state index is 0.0309. The van der Waals surface area contributed by atoms with Gasteiger partial charge in [0.05, 0.1) is 0 Å². The van der Waals surface area contributed by atoms with E-state index >= 15 is 0 Å². The number of carbonyl (C=O) groups excluding carboxylic acids is 2. The molecule has 0 spiro atoms. The minimum atomic E-state index is 0.0309. The van der Waals surface area contributed by atoms with Crippen LogP contribution in [0.2, 0.25) is 0 Å². The van der Waals surface area contributed by atoms with Gasteiger partial charge in [-0.3, -0.25) is 9.59 Å². The molecule has 1 heterocycles. The summed E-state index contributed by atoms with van der Waals surface area (Å²) in [6, 6.07) is 0.107. The molecule has 4 nitrogen and oxygen atoms in total. The highest BCUT2D eigenvalue weighted by molar-refractivity contribution is 6.17. The van der Waals surface area contributed by atoms with Crippen molar-refractivity contribution in [3.63, 3.8) is 0 Å². The number of carbonyl (C=O) groups is 2. The lowest BCUT2D eigenvalue weighted by Crippen LogP contribution is -2.48. The summed E-state index contributed by atoms with van der Waals surface area (Å²) in [7, 11) is 1.76. The number of likely N-dealkylation sites (N-methyl/N-ethyl adjacent to an activating group) is 1. The maximum absolute atomic E-state index is 11.4. The molecule has 2 amide bonds. The molecule has 86 valence electrons. The van der Waals surface area contributed by atoms with E-state index in [9.17, 15) is 9.59 Å². The Hall–Kier alpha value is -0.770. The van der Waals surface area contributed by atoms with Crippen molar-refractivity contribution in [2.45, 2.75) is 31.7 Å². The monoisotopic (exact) mass is 232 g/mol. The van der Waals surface area contributed by atoms with Crippen LogP contribution in [0.4, 0.5) is 0 Å². The van der Waals surface area contributed by atoms with Gasteiger partial charge in [0.15, 0.2) is 0 Å². The zero-order chi connectivity index (χ0) is 11.3. The molecule has 0 radical (unpaired) electrons. The van der Waals surface area contributed by atoms with Crippen LogP contribution in [0.5, 0.6) is 0 Å². The third-order valence-electron chi connectivity index (χ3n) is 2.53.